The summed E-state index contributed by atoms with van der Waals surface area (Å²) in [6.45, 7) is -5.67. The van der Waals surface area contributed by atoms with Crippen molar-refractivity contribution >= 4 is 28.6 Å². The molecule has 3 heterocycles. The smallest absolute Gasteiger partial charge is 0.308 e. The van der Waals surface area contributed by atoms with E-state index in [2.05, 4.69) is 15.0 Å². The first kappa shape index (κ1) is 20.6. The van der Waals surface area contributed by atoms with Gasteiger partial charge < -0.3 is 24.2 Å². The van der Waals surface area contributed by atoms with Crippen molar-refractivity contribution in [2.45, 2.75) is 36.9 Å². The topological polar surface area (TPSA) is 89.2 Å². The summed E-state index contributed by atoms with van der Waals surface area (Å²) in [4.78, 5) is 22.1. The molecule has 44 heavy (non-hydrogen) atoms. The number of nitrogens with one attached hydrogen (secondary N) is 2. The number of rotatable bonds is 8. The molecule has 11 heteroatoms. The molecular formula is C33H30F3N3O4S. The van der Waals surface area contributed by atoms with Crippen LogP contribution in [-0.4, -0.2) is 40.8 Å². The number of hydrogen-bond donors (Lipinski definition) is 2. The van der Waals surface area contributed by atoms with E-state index in [1.54, 1.807) is 0 Å². The number of aromatic amines is 2. The molecule has 3 aromatic carbocycles. The average molecular weight is 631 g/mol. The molecule has 0 aliphatic carbocycles. The van der Waals surface area contributed by atoms with Crippen molar-refractivity contribution in [2.24, 2.45) is 5.92 Å². The fraction of sp³-hybridized carbons (Fsp3) is 0.273. The van der Waals surface area contributed by atoms with Crippen molar-refractivity contribution in [3.8, 4) is 28.6 Å². The summed E-state index contributed by atoms with van der Waals surface area (Å²) in [5.41, 5.74) is -2.01. The fourth-order valence-corrected chi connectivity index (χ4v) is 5.82. The molecule has 0 fully saturated rings. The normalized spacial score (nSPS) is 20.7. The van der Waals surface area contributed by atoms with E-state index in [4.69, 9.17) is 26.5 Å². The van der Waals surface area contributed by atoms with Crippen LogP contribution < -0.4 is 9.47 Å². The lowest BCUT2D eigenvalue weighted by Crippen LogP contribution is -2.32. The minimum absolute atomic E-state index is 0.0392. The molecule has 0 saturated carbocycles. The number of carbonyl (C=O) groups excluding carboxylic acids is 1. The third-order valence-electron chi connectivity index (χ3n) is 7.53. The maximum atomic E-state index is 15.4. The number of H-pyrrole nitrogens is 2. The third kappa shape index (κ3) is 4.98. The molecule has 1 aliphatic rings. The first-order valence-corrected chi connectivity index (χ1v) is 14.1. The SMILES string of the molecule is [2H]C([2H])([2H])Sc1c(Oc2ccc(F)c(-c3nc(C4(C([2H])([2H])[2H])CCOc5c(C[C@H](C(=O)OC)C([2H])([2H])[2H])cccc54)c[nH]3)c2)c(F)c(F)c2[nH]ccc12. The van der Waals surface area contributed by atoms with Gasteiger partial charge in [-0.1, -0.05) is 25.1 Å². The predicted molar refractivity (Wildman–Crippen MR) is 162 cm³/mol. The predicted octanol–water partition coefficient (Wildman–Crippen LogP) is 7.93. The van der Waals surface area contributed by atoms with Crippen molar-refractivity contribution in [3.63, 3.8) is 0 Å². The summed E-state index contributed by atoms with van der Waals surface area (Å²) < 4.78 is 135. The molecule has 7 nitrogen and oxygen atoms in total. The summed E-state index contributed by atoms with van der Waals surface area (Å²) in [5.74, 6) is -7.24. The van der Waals surface area contributed by atoms with Gasteiger partial charge in [0.1, 0.15) is 23.1 Å². The van der Waals surface area contributed by atoms with Gasteiger partial charge in [-0.2, -0.15) is 4.39 Å². The maximum Gasteiger partial charge on any atom is 0.308 e. The van der Waals surface area contributed by atoms with Gasteiger partial charge in [0.15, 0.2) is 11.6 Å². The number of carbonyl (C=O) groups is 1. The minimum atomic E-state index is -2.79. The van der Waals surface area contributed by atoms with E-state index < -0.39 is 60.4 Å². The second-order valence-electron chi connectivity index (χ2n) is 10.1. The Morgan fingerprint density at radius 3 is 2.89 bits per heavy atom. The fourth-order valence-electron chi connectivity index (χ4n) is 5.31. The first-order valence-electron chi connectivity index (χ1n) is 17.8. The highest BCUT2D eigenvalue weighted by Crippen LogP contribution is 2.46. The summed E-state index contributed by atoms with van der Waals surface area (Å²) in [6, 6.07) is 9.09. The molecule has 2 N–H and O–H groups in total. The lowest BCUT2D eigenvalue weighted by atomic mass is 9.74. The molecular weight excluding hydrogens is 591 g/mol. The Morgan fingerprint density at radius 2 is 2.09 bits per heavy atom. The lowest BCUT2D eigenvalue weighted by Gasteiger charge is -2.35. The van der Waals surface area contributed by atoms with Crippen LogP contribution >= 0.6 is 11.8 Å². The number of hydrogen-bond acceptors (Lipinski definition) is 6. The lowest BCUT2D eigenvalue weighted by molar-refractivity contribution is -0.144. The standard InChI is InChI=1S/C33H30F3N3O4S/c1-17(32(40)41-3)14-18-6-5-7-22-28(18)42-13-11-33(22,2)24-16-38-31(39-24)21-15-19(8-9-23(21)34)43-29-26(36)25(35)27-20(10-12-37-27)30(29)44-4/h5-10,12,15-17,37H,11,13-14H2,1-4H3,(H,38,39)/t17-,33?/m1/s1/i1D3,2D3,4D3. The van der Waals surface area contributed by atoms with Crippen molar-refractivity contribution in [1.29, 1.82) is 0 Å². The van der Waals surface area contributed by atoms with Crippen molar-refractivity contribution in [1.82, 2.24) is 15.0 Å². The highest BCUT2D eigenvalue weighted by molar-refractivity contribution is 7.99. The number of imidazole rings is 1. The van der Waals surface area contributed by atoms with Gasteiger partial charge in [-0.05, 0) is 55.7 Å². The Balaban J connectivity index is 1.42. The zero-order valence-electron chi connectivity index (χ0n) is 32.0. The van der Waals surface area contributed by atoms with Crippen LogP contribution in [0.2, 0.25) is 0 Å². The van der Waals surface area contributed by atoms with Crippen molar-refractivity contribution < 1.29 is 44.5 Å². The molecule has 2 atom stereocenters. The molecule has 0 saturated heterocycles. The van der Waals surface area contributed by atoms with Crippen LogP contribution in [0.25, 0.3) is 22.3 Å². The molecule has 0 spiro atoms. The zero-order chi connectivity index (χ0) is 38.7. The molecule has 228 valence electrons. The van der Waals surface area contributed by atoms with Crippen LogP contribution in [0.15, 0.2) is 59.8 Å². The first-order chi connectivity index (χ1) is 24.8. The van der Waals surface area contributed by atoms with Crippen LogP contribution in [0.3, 0.4) is 0 Å². The van der Waals surface area contributed by atoms with Crippen LogP contribution in [0.1, 0.15) is 49.3 Å². The van der Waals surface area contributed by atoms with Gasteiger partial charge >= 0.3 is 5.97 Å². The number of para-hydroxylation sites is 1. The highest BCUT2D eigenvalue weighted by atomic mass is 32.2. The molecule has 6 rings (SSSR count). The Labute approximate surface area is 268 Å². The summed E-state index contributed by atoms with van der Waals surface area (Å²) in [7, 11) is 1.06. The number of esters is 1. The van der Waals surface area contributed by atoms with Crippen molar-refractivity contribution in [3.05, 3.63) is 89.1 Å². The molecule has 0 bridgehead atoms. The number of halogens is 3. The molecule has 0 amide bonds. The van der Waals surface area contributed by atoms with Gasteiger partial charge in [0.2, 0.25) is 5.82 Å². The van der Waals surface area contributed by atoms with Crippen LogP contribution in [0, 0.1) is 23.4 Å². The number of ether oxygens (including phenoxy) is 3. The zero-order valence-corrected chi connectivity index (χ0v) is 23.8. The molecule has 1 aliphatic heterocycles. The van der Waals surface area contributed by atoms with Crippen LogP contribution in [-0.2, 0) is 21.4 Å². The number of benzene rings is 3. The monoisotopic (exact) mass is 630 g/mol. The molecule has 5 aromatic rings. The molecule has 2 aromatic heterocycles. The van der Waals surface area contributed by atoms with E-state index in [1.165, 1.54) is 36.7 Å². The van der Waals surface area contributed by atoms with Gasteiger partial charge in [0, 0.05) is 41.1 Å². The van der Waals surface area contributed by atoms with Gasteiger partial charge in [-0.25, -0.2) is 13.8 Å². The number of fused-ring (bicyclic) bond motifs is 2. The van der Waals surface area contributed by atoms with E-state index in [1.807, 2.05) is 0 Å². The summed E-state index contributed by atoms with van der Waals surface area (Å²) in [6.07, 6.45) is -0.541. The summed E-state index contributed by atoms with van der Waals surface area (Å²) >= 11 is 0.272. The largest absolute Gasteiger partial charge is 0.493 e. The van der Waals surface area contributed by atoms with Crippen LogP contribution in [0.4, 0.5) is 13.2 Å². The Hall–Kier alpha value is -4.38. The molecule has 1 unspecified atom stereocenters. The summed E-state index contributed by atoms with van der Waals surface area (Å²) in [5, 5.41) is 0.0483. The van der Waals surface area contributed by atoms with Crippen molar-refractivity contribution in [2.75, 3.05) is 19.9 Å². The maximum absolute atomic E-state index is 15.4. The number of methoxy groups -OCH3 is 1. The van der Waals surface area contributed by atoms with Crippen LogP contribution in [0.5, 0.6) is 17.2 Å². The van der Waals surface area contributed by atoms with Gasteiger partial charge in [-0.15, -0.1) is 11.8 Å². The van der Waals surface area contributed by atoms with E-state index >= 15 is 13.2 Å². The Kier molecular flexibility index (Phi) is 5.42. The number of aromatic nitrogens is 3. The van der Waals surface area contributed by atoms with E-state index in [-0.39, 0.29) is 86.7 Å². The second kappa shape index (κ2) is 11.6. The van der Waals surface area contributed by atoms with Gasteiger partial charge in [-0.3, -0.25) is 4.79 Å². The highest BCUT2D eigenvalue weighted by Gasteiger charge is 2.38. The van der Waals surface area contributed by atoms with E-state index in [9.17, 15) is 4.79 Å². The third-order valence-corrected chi connectivity index (χ3v) is 8.14. The van der Waals surface area contributed by atoms with Gasteiger partial charge in [0.05, 0.1) is 41.3 Å². The second-order valence-corrected chi connectivity index (χ2v) is 10.7. The Morgan fingerprint density at radius 1 is 1.20 bits per heavy atom. The Bertz CT molecular complexity index is 2200. The van der Waals surface area contributed by atoms with E-state index in [0.29, 0.717) is 0 Å². The number of nitrogens with zero attached hydrogens (tertiary/aromatic N) is 1. The molecule has 0 radical (unpaired) electrons. The quantitative estimate of drug-likeness (QED) is 0.134. The number of thioether (sulfide) groups is 1. The van der Waals surface area contributed by atoms with E-state index in [0.717, 1.165) is 25.3 Å². The average Bonchev–Trinajstić information content (AvgIpc) is 3.77. The van der Waals surface area contributed by atoms with Gasteiger partial charge in [0.25, 0.3) is 0 Å². The minimum Gasteiger partial charge on any atom is -0.493 e.